The summed E-state index contributed by atoms with van der Waals surface area (Å²) in [7, 11) is -3.89. The van der Waals surface area contributed by atoms with Gasteiger partial charge in [0.05, 0.1) is 16.2 Å². The molecule has 3 heterocycles. The normalized spacial score (nSPS) is 15.6. The first-order valence-electron chi connectivity index (χ1n) is 11.4. The second-order valence-electron chi connectivity index (χ2n) is 8.67. The molecule has 0 spiro atoms. The van der Waals surface area contributed by atoms with Gasteiger partial charge in [0.2, 0.25) is 0 Å². The largest absolute Gasteiger partial charge is 0.383 e. The van der Waals surface area contributed by atoms with E-state index in [1.54, 1.807) is 78.0 Å². The Morgan fingerprint density at radius 1 is 0.944 bits per heavy atom. The quantitative estimate of drug-likeness (QED) is 0.406. The number of carbonyl (C=O) groups is 1. The number of aliphatic hydroxyl groups is 1. The number of likely N-dealkylation sites (tertiary alicyclic amines) is 1. The van der Waals surface area contributed by atoms with E-state index < -0.39 is 15.6 Å². The number of carbonyl (C=O) groups excluding carboxylic acids is 1. The zero-order valence-corrected chi connectivity index (χ0v) is 20.7. The summed E-state index contributed by atoms with van der Waals surface area (Å²) in [6.45, 7) is 0.676. The number of hydrogen-bond donors (Lipinski definition) is 2. The van der Waals surface area contributed by atoms with Crippen LogP contribution in [0.5, 0.6) is 0 Å². The SMILES string of the molecule is O=C(c1ccc(NS(=O)(=O)c2cccc3cccnc23)cc1)N1CCC(O)(c2ncccc2Cl)CC1. The number of benzene rings is 2. The fraction of sp³-hybridized carbons (Fsp3) is 0.192. The lowest BCUT2D eigenvalue weighted by molar-refractivity contribution is -0.0243. The molecule has 1 aliphatic rings. The Labute approximate surface area is 213 Å². The number of rotatable bonds is 5. The second kappa shape index (κ2) is 9.50. The molecular formula is C26H23ClN4O4S. The summed E-state index contributed by atoms with van der Waals surface area (Å²) in [6.07, 6.45) is 3.76. The molecule has 1 fully saturated rings. The van der Waals surface area contributed by atoms with Crippen LogP contribution in [0, 0.1) is 0 Å². The van der Waals surface area contributed by atoms with Crippen LogP contribution in [0.15, 0.2) is 84.0 Å². The topological polar surface area (TPSA) is 112 Å². The van der Waals surface area contributed by atoms with Gasteiger partial charge in [0.1, 0.15) is 10.5 Å². The van der Waals surface area contributed by atoms with Crippen LogP contribution in [-0.4, -0.2) is 47.4 Å². The summed E-state index contributed by atoms with van der Waals surface area (Å²) in [6, 6.07) is 18.2. The van der Waals surface area contributed by atoms with E-state index in [1.807, 2.05) is 0 Å². The molecule has 2 N–H and O–H groups in total. The van der Waals surface area contributed by atoms with Crippen molar-refractivity contribution in [2.24, 2.45) is 0 Å². The molecule has 0 atom stereocenters. The fourth-order valence-corrected chi connectivity index (χ4v) is 5.95. The molecule has 36 heavy (non-hydrogen) atoms. The molecular weight excluding hydrogens is 500 g/mol. The highest BCUT2D eigenvalue weighted by atomic mass is 35.5. The number of amides is 1. The molecule has 1 aliphatic heterocycles. The maximum atomic E-state index is 13.0. The Morgan fingerprint density at radius 2 is 1.61 bits per heavy atom. The van der Waals surface area contributed by atoms with Gasteiger partial charge in [-0.25, -0.2) is 8.42 Å². The maximum absolute atomic E-state index is 13.0. The lowest BCUT2D eigenvalue weighted by Crippen LogP contribution is -2.45. The van der Waals surface area contributed by atoms with Crippen molar-refractivity contribution in [1.82, 2.24) is 14.9 Å². The van der Waals surface area contributed by atoms with E-state index in [1.165, 1.54) is 6.07 Å². The average molecular weight is 523 g/mol. The van der Waals surface area contributed by atoms with Crippen molar-refractivity contribution in [3.8, 4) is 0 Å². The van der Waals surface area contributed by atoms with Crippen LogP contribution >= 0.6 is 11.6 Å². The third-order valence-electron chi connectivity index (χ3n) is 6.35. The van der Waals surface area contributed by atoms with Gasteiger partial charge in [0.25, 0.3) is 15.9 Å². The maximum Gasteiger partial charge on any atom is 0.264 e. The Morgan fingerprint density at radius 3 is 2.33 bits per heavy atom. The molecule has 2 aromatic heterocycles. The van der Waals surface area contributed by atoms with Crippen molar-refractivity contribution in [3.63, 3.8) is 0 Å². The van der Waals surface area contributed by atoms with Crippen molar-refractivity contribution in [1.29, 1.82) is 0 Å². The van der Waals surface area contributed by atoms with E-state index in [9.17, 15) is 18.3 Å². The first-order valence-corrected chi connectivity index (χ1v) is 13.2. The Bertz CT molecular complexity index is 1530. The van der Waals surface area contributed by atoms with Crippen molar-refractivity contribution in [2.45, 2.75) is 23.3 Å². The van der Waals surface area contributed by atoms with Gasteiger partial charge in [-0.05, 0) is 61.4 Å². The van der Waals surface area contributed by atoms with Crippen LogP contribution in [-0.2, 0) is 15.6 Å². The number of piperidine rings is 1. The van der Waals surface area contributed by atoms with Crippen LogP contribution in [0.1, 0.15) is 28.9 Å². The summed E-state index contributed by atoms with van der Waals surface area (Å²) < 4.78 is 28.6. The van der Waals surface area contributed by atoms with Gasteiger partial charge in [-0.2, -0.15) is 0 Å². The van der Waals surface area contributed by atoms with Crippen molar-refractivity contribution >= 4 is 44.1 Å². The number of hydrogen-bond acceptors (Lipinski definition) is 6. The summed E-state index contributed by atoms with van der Waals surface area (Å²) in [4.78, 5) is 23.2. The van der Waals surface area contributed by atoms with Crippen molar-refractivity contribution in [2.75, 3.05) is 17.8 Å². The molecule has 2 aromatic carbocycles. The van der Waals surface area contributed by atoms with Crippen molar-refractivity contribution < 1.29 is 18.3 Å². The molecule has 0 bridgehead atoms. The molecule has 10 heteroatoms. The number of para-hydroxylation sites is 1. The summed E-state index contributed by atoms with van der Waals surface area (Å²) >= 11 is 6.22. The minimum Gasteiger partial charge on any atom is -0.383 e. The van der Waals surface area contributed by atoms with Crippen LogP contribution in [0.4, 0.5) is 5.69 Å². The molecule has 8 nitrogen and oxygen atoms in total. The van der Waals surface area contributed by atoms with Gasteiger partial charge in [-0.15, -0.1) is 0 Å². The van der Waals surface area contributed by atoms with Crippen molar-refractivity contribution in [3.05, 3.63) is 95.4 Å². The summed E-state index contributed by atoms with van der Waals surface area (Å²) in [5.74, 6) is -0.197. The second-order valence-corrected chi connectivity index (χ2v) is 10.7. The molecule has 0 aliphatic carbocycles. The number of sulfonamides is 1. The number of nitrogens with zero attached hydrogens (tertiary/aromatic N) is 3. The molecule has 4 aromatic rings. The third-order valence-corrected chi connectivity index (χ3v) is 8.06. The van der Waals surface area contributed by atoms with Gasteiger partial charge < -0.3 is 10.0 Å². The lowest BCUT2D eigenvalue weighted by Gasteiger charge is -2.38. The molecule has 184 valence electrons. The molecule has 0 radical (unpaired) electrons. The van der Waals surface area contributed by atoms with E-state index in [4.69, 9.17) is 11.6 Å². The Kier molecular flexibility index (Phi) is 6.38. The summed E-state index contributed by atoms with van der Waals surface area (Å²) in [5.41, 5.74) is 0.379. The number of fused-ring (bicyclic) bond motifs is 1. The minimum absolute atomic E-state index is 0.0783. The number of halogens is 1. The van der Waals surface area contributed by atoms with E-state index in [0.717, 1.165) is 5.39 Å². The van der Waals surface area contributed by atoms with Crippen LogP contribution in [0.2, 0.25) is 5.02 Å². The Hall–Kier alpha value is -3.53. The van der Waals surface area contributed by atoms with Gasteiger partial charge >= 0.3 is 0 Å². The van der Waals surface area contributed by atoms with Gasteiger partial charge in [0.15, 0.2) is 0 Å². The van der Waals surface area contributed by atoms with E-state index in [0.29, 0.717) is 53.4 Å². The highest BCUT2D eigenvalue weighted by Crippen LogP contribution is 2.35. The smallest absolute Gasteiger partial charge is 0.264 e. The predicted octanol–water partition coefficient (Wildman–Crippen LogP) is 4.21. The number of anilines is 1. The Balaban J connectivity index is 1.27. The monoisotopic (exact) mass is 522 g/mol. The van der Waals surface area contributed by atoms with E-state index >= 15 is 0 Å². The fourth-order valence-electron chi connectivity index (χ4n) is 4.41. The highest BCUT2D eigenvalue weighted by molar-refractivity contribution is 7.93. The number of nitrogens with one attached hydrogen (secondary N) is 1. The molecule has 5 rings (SSSR count). The molecule has 1 amide bonds. The van der Waals surface area contributed by atoms with Crippen LogP contribution in [0.3, 0.4) is 0 Å². The zero-order chi connectivity index (χ0) is 25.3. The zero-order valence-electron chi connectivity index (χ0n) is 19.1. The minimum atomic E-state index is -3.89. The van der Waals surface area contributed by atoms with E-state index in [-0.39, 0.29) is 10.8 Å². The van der Waals surface area contributed by atoms with Crippen LogP contribution < -0.4 is 4.72 Å². The predicted molar refractivity (Wildman–Crippen MR) is 137 cm³/mol. The first kappa shape index (κ1) is 24.2. The average Bonchev–Trinajstić information content (AvgIpc) is 2.89. The first-order chi connectivity index (χ1) is 17.3. The van der Waals surface area contributed by atoms with Crippen LogP contribution in [0.25, 0.3) is 10.9 Å². The lowest BCUT2D eigenvalue weighted by atomic mass is 9.87. The van der Waals surface area contributed by atoms with Gasteiger partial charge in [0, 0.05) is 42.1 Å². The summed E-state index contributed by atoms with van der Waals surface area (Å²) in [5, 5.41) is 12.2. The molecule has 0 unspecified atom stereocenters. The van der Waals surface area contributed by atoms with Gasteiger partial charge in [-0.1, -0.05) is 29.8 Å². The number of aromatic nitrogens is 2. The molecule has 0 saturated carbocycles. The molecule has 1 saturated heterocycles. The highest BCUT2D eigenvalue weighted by Gasteiger charge is 2.38. The van der Waals surface area contributed by atoms with E-state index in [2.05, 4.69) is 14.7 Å². The number of pyridine rings is 2. The van der Waals surface area contributed by atoms with Gasteiger partial charge in [-0.3, -0.25) is 19.5 Å². The third kappa shape index (κ3) is 4.65. The standard InChI is InChI=1S/C26H23ClN4O4S/c27-21-6-3-15-29-24(21)26(33)12-16-31(17-13-26)25(32)19-8-10-20(11-9-19)30-36(34,35)22-7-1-4-18-5-2-14-28-23(18)22/h1-11,14-15,30,33H,12-13,16-17H2.